The highest BCUT2D eigenvalue weighted by Crippen LogP contribution is 2.18. The van der Waals surface area contributed by atoms with Crippen molar-refractivity contribution in [3.8, 4) is 0 Å². The average Bonchev–Trinajstić information content (AvgIpc) is 2.91. The van der Waals surface area contributed by atoms with E-state index in [1.54, 1.807) is 0 Å². The molecule has 0 aromatic carbocycles. The van der Waals surface area contributed by atoms with Gasteiger partial charge in [-0.25, -0.2) is 0 Å². The van der Waals surface area contributed by atoms with Crippen LogP contribution in [0.1, 0.15) is 194 Å². The number of unbranched alkanes of at least 4 members (excludes halogenated alkanes) is 20. The summed E-state index contributed by atoms with van der Waals surface area (Å²) in [6.45, 7) is 4.52. The van der Waals surface area contributed by atoms with Crippen LogP contribution in [0.5, 0.6) is 0 Å². The smallest absolute Gasteiger partial charge is 0.306 e. The Morgan fingerprint density at radius 2 is 0.923 bits per heavy atom. The van der Waals surface area contributed by atoms with Gasteiger partial charge in [0.1, 0.15) is 6.10 Å². The zero-order chi connectivity index (χ0) is 28.7. The molecule has 0 amide bonds. The van der Waals surface area contributed by atoms with Crippen LogP contribution in [0.2, 0.25) is 0 Å². The number of aliphatic carboxylic acids is 1. The van der Waals surface area contributed by atoms with E-state index in [0.717, 1.165) is 64.2 Å². The molecule has 4 nitrogen and oxygen atoms in total. The second kappa shape index (κ2) is 31.2. The molecule has 0 spiro atoms. The van der Waals surface area contributed by atoms with Gasteiger partial charge in [0.05, 0.1) is 0 Å². The first-order valence-electron chi connectivity index (χ1n) is 17.2. The summed E-state index contributed by atoms with van der Waals surface area (Å²) in [5, 5.41) is 8.77. The molecule has 1 N–H and O–H groups in total. The molecular formula is C35H66O4. The van der Waals surface area contributed by atoms with Crippen LogP contribution in [0.25, 0.3) is 0 Å². The van der Waals surface area contributed by atoms with Crippen LogP contribution in [0.4, 0.5) is 0 Å². The second-order valence-electron chi connectivity index (χ2n) is 11.7. The van der Waals surface area contributed by atoms with Crippen molar-refractivity contribution < 1.29 is 19.4 Å². The van der Waals surface area contributed by atoms with E-state index in [1.807, 2.05) is 0 Å². The highest BCUT2D eigenvalue weighted by molar-refractivity contribution is 5.69. The Bertz CT molecular complexity index is 557. The molecule has 1 atom stereocenters. The third kappa shape index (κ3) is 31.1. The number of esters is 1. The number of hydrogen-bond donors (Lipinski definition) is 1. The van der Waals surface area contributed by atoms with E-state index < -0.39 is 5.97 Å². The van der Waals surface area contributed by atoms with Crippen molar-refractivity contribution in [2.75, 3.05) is 0 Å². The van der Waals surface area contributed by atoms with Gasteiger partial charge in [-0.05, 0) is 64.2 Å². The lowest BCUT2D eigenvalue weighted by molar-refractivity contribution is -0.150. The summed E-state index contributed by atoms with van der Waals surface area (Å²) in [5.41, 5.74) is 0. The van der Waals surface area contributed by atoms with Crippen LogP contribution in [-0.2, 0) is 14.3 Å². The SMILES string of the molecule is CCCCCC/C=C\CCCCCCCC(=O)OC(CCCCCCCCCC)CCCCCCCC(=O)O. The van der Waals surface area contributed by atoms with E-state index in [1.165, 1.54) is 103 Å². The third-order valence-electron chi connectivity index (χ3n) is 7.74. The molecule has 0 rings (SSSR count). The largest absolute Gasteiger partial charge is 0.481 e. The minimum atomic E-state index is -0.701. The van der Waals surface area contributed by atoms with E-state index >= 15 is 0 Å². The fourth-order valence-corrected chi connectivity index (χ4v) is 5.18. The maximum atomic E-state index is 12.5. The topological polar surface area (TPSA) is 63.6 Å². The summed E-state index contributed by atoms with van der Waals surface area (Å²) < 4.78 is 5.95. The summed E-state index contributed by atoms with van der Waals surface area (Å²) in [4.78, 5) is 23.2. The summed E-state index contributed by atoms with van der Waals surface area (Å²) in [5.74, 6) is -0.708. The van der Waals surface area contributed by atoms with Crippen molar-refractivity contribution in [2.24, 2.45) is 0 Å². The van der Waals surface area contributed by atoms with Crippen molar-refractivity contribution in [3.05, 3.63) is 12.2 Å². The normalized spacial score (nSPS) is 12.3. The molecule has 0 heterocycles. The number of carbonyl (C=O) groups excluding carboxylic acids is 1. The van der Waals surface area contributed by atoms with Crippen molar-refractivity contribution >= 4 is 11.9 Å². The van der Waals surface area contributed by atoms with E-state index in [9.17, 15) is 9.59 Å². The van der Waals surface area contributed by atoms with Gasteiger partial charge in [0.25, 0.3) is 0 Å². The lowest BCUT2D eigenvalue weighted by atomic mass is 10.0. The first-order valence-corrected chi connectivity index (χ1v) is 17.2. The lowest BCUT2D eigenvalue weighted by Gasteiger charge is -2.18. The minimum Gasteiger partial charge on any atom is -0.481 e. The zero-order valence-corrected chi connectivity index (χ0v) is 26.2. The van der Waals surface area contributed by atoms with E-state index in [0.29, 0.717) is 6.42 Å². The van der Waals surface area contributed by atoms with Gasteiger partial charge in [0.15, 0.2) is 0 Å². The van der Waals surface area contributed by atoms with Crippen LogP contribution in [0, 0.1) is 0 Å². The Hall–Kier alpha value is -1.32. The molecule has 0 saturated carbocycles. The van der Waals surface area contributed by atoms with E-state index in [2.05, 4.69) is 26.0 Å². The van der Waals surface area contributed by atoms with Gasteiger partial charge in [0, 0.05) is 12.8 Å². The molecule has 230 valence electrons. The van der Waals surface area contributed by atoms with Crippen LogP contribution < -0.4 is 0 Å². The van der Waals surface area contributed by atoms with Gasteiger partial charge < -0.3 is 9.84 Å². The number of hydrogen-bond acceptors (Lipinski definition) is 3. The lowest BCUT2D eigenvalue weighted by Crippen LogP contribution is -2.18. The number of ether oxygens (including phenoxy) is 1. The molecule has 0 radical (unpaired) electrons. The van der Waals surface area contributed by atoms with Crippen LogP contribution in [-0.4, -0.2) is 23.1 Å². The summed E-state index contributed by atoms with van der Waals surface area (Å²) >= 11 is 0. The summed E-state index contributed by atoms with van der Waals surface area (Å²) in [6.07, 6.45) is 36.4. The van der Waals surface area contributed by atoms with Gasteiger partial charge in [-0.1, -0.05) is 129 Å². The zero-order valence-electron chi connectivity index (χ0n) is 26.2. The molecule has 0 saturated heterocycles. The Kier molecular flexibility index (Phi) is 30.2. The van der Waals surface area contributed by atoms with Gasteiger partial charge in [0.2, 0.25) is 0 Å². The highest BCUT2D eigenvalue weighted by Gasteiger charge is 2.14. The maximum absolute atomic E-state index is 12.5. The first-order chi connectivity index (χ1) is 19.1. The van der Waals surface area contributed by atoms with Crippen molar-refractivity contribution in [2.45, 2.75) is 200 Å². The molecule has 0 aliphatic heterocycles. The number of carbonyl (C=O) groups is 2. The molecule has 0 aliphatic carbocycles. The molecular weight excluding hydrogens is 484 g/mol. The molecule has 39 heavy (non-hydrogen) atoms. The Labute approximate surface area is 243 Å². The first kappa shape index (κ1) is 37.7. The van der Waals surface area contributed by atoms with Crippen molar-refractivity contribution in [3.63, 3.8) is 0 Å². The van der Waals surface area contributed by atoms with Gasteiger partial charge in [-0.3, -0.25) is 9.59 Å². The minimum absolute atomic E-state index is 0.00738. The quantitative estimate of drug-likeness (QED) is 0.0529. The Balaban J connectivity index is 4.02. The van der Waals surface area contributed by atoms with Gasteiger partial charge >= 0.3 is 11.9 Å². The monoisotopic (exact) mass is 550 g/mol. The third-order valence-corrected chi connectivity index (χ3v) is 7.74. The van der Waals surface area contributed by atoms with E-state index in [4.69, 9.17) is 9.84 Å². The molecule has 0 aromatic rings. The van der Waals surface area contributed by atoms with Gasteiger partial charge in [-0.2, -0.15) is 0 Å². The molecule has 4 heteroatoms. The Morgan fingerprint density at radius 1 is 0.538 bits per heavy atom. The molecule has 1 unspecified atom stereocenters. The molecule has 0 fully saturated rings. The Morgan fingerprint density at radius 3 is 1.41 bits per heavy atom. The fourth-order valence-electron chi connectivity index (χ4n) is 5.18. The molecule has 0 aliphatic rings. The standard InChI is InChI=1S/C35H66O4/c1-3-5-7-9-11-13-14-15-16-17-19-24-28-32-35(38)39-33(29-25-21-18-12-10-8-6-4-2)30-26-22-20-23-27-31-34(36)37/h13-14,33H,3-12,15-32H2,1-2H3,(H,36,37)/b14-13-. The number of rotatable bonds is 31. The van der Waals surface area contributed by atoms with Crippen LogP contribution >= 0.6 is 0 Å². The summed E-state index contributed by atoms with van der Waals surface area (Å²) in [7, 11) is 0. The number of carboxylic acids is 1. The van der Waals surface area contributed by atoms with Crippen molar-refractivity contribution in [1.82, 2.24) is 0 Å². The van der Waals surface area contributed by atoms with E-state index in [-0.39, 0.29) is 18.5 Å². The predicted molar refractivity (Wildman–Crippen MR) is 167 cm³/mol. The average molecular weight is 551 g/mol. The van der Waals surface area contributed by atoms with Crippen molar-refractivity contribution in [1.29, 1.82) is 0 Å². The predicted octanol–water partition coefficient (Wildman–Crippen LogP) is 11.5. The summed E-state index contributed by atoms with van der Waals surface area (Å²) in [6, 6.07) is 0. The van der Waals surface area contributed by atoms with Crippen LogP contribution in [0.3, 0.4) is 0 Å². The van der Waals surface area contributed by atoms with Crippen LogP contribution in [0.15, 0.2) is 12.2 Å². The highest BCUT2D eigenvalue weighted by atomic mass is 16.5. The maximum Gasteiger partial charge on any atom is 0.306 e. The molecule has 0 aromatic heterocycles. The fraction of sp³-hybridized carbons (Fsp3) is 0.886. The molecule has 0 bridgehead atoms. The van der Waals surface area contributed by atoms with Gasteiger partial charge in [-0.15, -0.1) is 0 Å². The number of carboxylic acid groups (broad SMARTS) is 1. The second-order valence-corrected chi connectivity index (χ2v) is 11.7. The number of allylic oxidation sites excluding steroid dienone is 2.